The van der Waals surface area contributed by atoms with Gasteiger partial charge in [-0.25, -0.2) is 17.2 Å². The highest BCUT2D eigenvalue weighted by molar-refractivity contribution is 7.89. The quantitative estimate of drug-likeness (QED) is 0.827. The van der Waals surface area contributed by atoms with Crippen molar-refractivity contribution in [2.24, 2.45) is 0 Å². The highest BCUT2D eigenvalue weighted by Gasteiger charge is 2.37. The molecule has 1 aliphatic heterocycles. The number of rotatable bonds is 4. The molecule has 27 heavy (non-hydrogen) atoms. The normalized spacial score (nSPS) is 18.3. The monoisotopic (exact) mass is 414 g/mol. The first kappa shape index (κ1) is 19.7. The molecule has 5 nitrogen and oxygen atoms in total. The lowest BCUT2D eigenvalue weighted by molar-refractivity contribution is -0.120. The molecule has 0 saturated carbocycles. The number of nitrogens with one attached hydrogen (secondary N) is 1. The zero-order valence-electron chi connectivity index (χ0n) is 14.2. The molecule has 1 fully saturated rings. The van der Waals surface area contributed by atoms with Crippen LogP contribution in [0.3, 0.4) is 0 Å². The van der Waals surface area contributed by atoms with Crippen molar-refractivity contribution in [1.29, 1.82) is 0 Å². The number of piperidine rings is 1. The number of benzene rings is 2. The van der Waals surface area contributed by atoms with Crippen molar-refractivity contribution in [3.63, 3.8) is 0 Å². The highest BCUT2D eigenvalue weighted by Crippen LogP contribution is 2.27. The van der Waals surface area contributed by atoms with Crippen molar-refractivity contribution in [2.75, 3.05) is 11.9 Å². The molecule has 3 rings (SSSR count). The van der Waals surface area contributed by atoms with Crippen molar-refractivity contribution >= 4 is 33.2 Å². The number of anilines is 1. The molecular weight excluding hydrogens is 398 g/mol. The standard InChI is InChI=1S/C18H17ClF2N2O3S/c19-12-4-9-16(15(21)11-12)22-18(24)17-3-1-2-10-23(17)27(25,26)14-7-5-13(20)6-8-14/h4-9,11,17H,1-3,10H2,(H,22,24). The molecule has 0 bridgehead atoms. The molecule has 1 amide bonds. The van der Waals surface area contributed by atoms with Crippen molar-refractivity contribution in [3.05, 3.63) is 59.1 Å². The van der Waals surface area contributed by atoms with Crippen LogP contribution in [0.2, 0.25) is 5.02 Å². The highest BCUT2D eigenvalue weighted by atomic mass is 35.5. The Morgan fingerprint density at radius 3 is 2.48 bits per heavy atom. The maximum absolute atomic E-state index is 13.9. The zero-order valence-corrected chi connectivity index (χ0v) is 15.7. The van der Waals surface area contributed by atoms with E-state index in [0.29, 0.717) is 19.3 Å². The third-order valence-electron chi connectivity index (χ3n) is 4.37. The Morgan fingerprint density at radius 2 is 1.81 bits per heavy atom. The van der Waals surface area contributed by atoms with E-state index in [-0.39, 0.29) is 22.2 Å². The smallest absolute Gasteiger partial charge is 0.243 e. The molecule has 1 heterocycles. The SMILES string of the molecule is O=C(Nc1ccc(Cl)cc1F)C1CCCCN1S(=O)(=O)c1ccc(F)cc1. The van der Waals surface area contributed by atoms with Crippen LogP contribution >= 0.6 is 11.6 Å². The van der Waals surface area contributed by atoms with E-state index < -0.39 is 33.6 Å². The van der Waals surface area contributed by atoms with Gasteiger partial charge in [-0.3, -0.25) is 4.79 Å². The fourth-order valence-electron chi connectivity index (χ4n) is 3.00. The molecule has 1 aliphatic rings. The second kappa shape index (κ2) is 7.92. The largest absolute Gasteiger partial charge is 0.322 e. The topological polar surface area (TPSA) is 66.5 Å². The molecular formula is C18H17ClF2N2O3S. The van der Waals surface area contributed by atoms with E-state index in [2.05, 4.69) is 5.32 Å². The van der Waals surface area contributed by atoms with Gasteiger partial charge in [-0.2, -0.15) is 4.31 Å². The number of carbonyl (C=O) groups is 1. The Hall–Kier alpha value is -2.03. The minimum Gasteiger partial charge on any atom is -0.322 e. The lowest BCUT2D eigenvalue weighted by Crippen LogP contribution is -2.49. The predicted octanol–water partition coefficient (Wildman–Crippen LogP) is 3.80. The lowest BCUT2D eigenvalue weighted by Gasteiger charge is -2.33. The van der Waals surface area contributed by atoms with Gasteiger partial charge >= 0.3 is 0 Å². The summed E-state index contributed by atoms with van der Waals surface area (Å²) in [6, 6.07) is 7.24. The van der Waals surface area contributed by atoms with Crippen LogP contribution < -0.4 is 5.32 Å². The third kappa shape index (κ3) is 4.28. The summed E-state index contributed by atoms with van der Waals surface area (Å²) in [6.45, 7) is 0.154. The van der Waals surface area contributed by atoms with E-state index in [1.807, 2.05) is 0 Å². The molecule has 144 valence electrons. The number of hydrogen-bond donors (Lipinski definition) is 1. The number of hydrogen-bond acceptors (Lipinski definition) is 3. The van der Waals surface area contributed by atoms with Gasteiger partial charge in [0.2, 0.25) is 15.9 Å². The fraction of sp³-hybridized carbons (Fsp3) is 0.278. The summed E-state index contributed by atoms with van der Waals surface area (Å²) in [5.74, 6) is -1.89. The first-order valence-corrected chi connectivity index (χ1v) is 10.1. The predicted molar refractivity (Wildman–Crippen MR) is 98.0 cm³/mol. The van der Waals surface area contributed by atoms with Gasteiger partial charge in [0.15, 0.2) is 0 Å². The van der Waals surface area contributed by atoms with Crippen molar-refractivity contribution in [3.8, 4) is 0 Å². The minimum absolute atomic E-state index is 0.0749. The second-order valence-electron chi connectivity index (χ2n) is 6.19. The molecule has 1 unspecified atom stereocenters. The molecule has 9 heteroatoms. The molecule has 0 aliphatic carbocycles. The van der Waals surface area contributed by atoms with Gasteiger partial charge < -0.3 is 5.32 Å². The van der Waals surface area contributed by atoms with Gasteiger partial charge in [-0.15, -0.1) is 0 Å². The molecule has 0 aromatic heterocycles. The molecule has 2 aromatic carbocycles. The van der Waals surface area contributed by atoms with E-state index in [1.54, 1.807) is 0 Å². The van der Waals surface area contributed by atoms with Gasteiger partial charge in [0, 0.05) is 11.6 Å². The van der Waals surface area contributed by atoms with E-state index in [4.69, 9.17) is 11.6 Å². The molecule has 0 radical (unpaired) electrons. The summed E-state index contributed by atoms with van der Waals surface area (Å²) < 4.78 is 54.0. The van der Waals surface area contributed by atoms with Gasteiger partial charge in [0.1, 0.15) is 17.7 Å². The molecule has 0 spiro atoms. The number of sulfonamides is 1. The Bertz CT molecular complexity index is 952. The van der Waals surface area contributed by atoms with Gasteiger partial charge in [0.05, 0.1) is 10.6 Å². The summed E-state index contributed by atoms with van der Waals surface area (Å²) >= 11 is 5.70. The summed E-state index contributed by atoms with van der Waals surface area (Å²) in [4.78, 5) is 12.6. The molecule has 1 N–H and O–H groups in total. The third-order valence-corrected chi connectivity index (χ3v) is 6.52. The minimum atomic E-state index is -3.99. The van der Waals surface area contributed by atoms with E-state index in [1.165, 1.54) is 12.1 Å². The van der Waals surface area contributed by atoms with Crippen LogP contribution in [0.4, 0.5) is 14.5 Å². The summed E-state index contributed by atoms with van der Waals surface area (Å²) in [7, 11) is -3.99. The van der Waals surface area contributed by atoms with Crippen LogP contribution in [0.25, 0.3) is 0 Å². The summed E-state index contributed by atoms with van der Waals surface area (Å²) in [5, 5.41) is 2.62. The Morgan fingerprint density at radius 1 is 1.11 bits per heavy atom. The van der Waals surface area contributed by atoms with Crippen LogP contribution in [0.15, 0.2) is 47.4 Å². The van der Waals surface area contributed by atoms with Crippen molar-refractivity contribution < 1.29 is 22.0 Å². The average Bonchev–Trinajstić information content (AvgIpc) is 2.64. The van der Waals surface area contributed by atoms with Gasteiger partial charge in [-0.1, -0.05) is 18.0 Å². The molecule has 1 saturated heterocycles. The van der Waals surface area contributed by atoms with Gasteiger partial charge in [-0.05, 0) is 55.3 Å². The Kier molecular flexibility index (Phi) is 5.78. The first-order valence-electron chi connectivity index (χ1n) is 8.32. The van der Waals surface area contributed by atoms with Crippen LogP contribution in [0.5, 0.6) is 0 Å². The van der Waals surface area contributed by atoms with Crippen LogP contribution in [0, 0.1) is 11.6 Å². The summed E-state index contributed by atoms with van der Waals surface area (Å²) in [5.41, 5.74) is -0.0749. The lowest BCUT2D eigenvalue weighted by atomic mass is 10.0. The average molecular weight is 415 g/mol. The van der Waals surface area contributed by atoms with Crippen molar-refractivity contribution in [2.45, 2.75) is 30.2 Å². The Labute approximate surface area is 161 Å². The van der Waals surface area contributed by atoms with E-state index in [9.17, 15) is 22.0 Å². The fourth-order valence-corrected chi connectivity index (χ4v) is 4.82. The van der Waals surface area contributed by atoms with Crippen LogP contribution in [-0.2, 0) is 14.8 Å². The second-order valence-corrected chi connectivity index (χ2v) is 8.52. The number of halogens is 3. The van der Waals surface area contributed by atoms with Crippen LogP contribution in [-0.4, -0.2) is 31.2 Å². The zero-order chi connectivity index (χ0) is 19.6. The van der Waals surface area contributed by atoms with Crippen LogP contribution in [0.1, 0.15) is 19.3 Å². The maximum Gasteiger partial charge on any atom is 0.243 e. The maximum atomic E-state index is 13.9. The Balaban J connectivity index is 1.86. The van der Waals surface area contributed by atoms with Gasteiger partial charge in [0.25, 0.3) is 0 Å². The van der Waals surface area contributed by atoms with Crippen molar-refractivity contribution in [1.82, 2.24) is 4.31 Å². The molecule has 1 atom stereocenters. The van der Waals surface area contributed by atoms with E-state index >= 15 is 0 Å². The van der Waals surface area contributed by atoms with E-state index in [0.717, 1.165) is 34.6 Å². The first-order chi connectivity index (χ1) is 12.8. The number of carbonyl (C=O) groups excluding carboxylic acids is 1. The molecule has 2 aromatic rings. The number of amides is 1. The summed E-state index contributed by atoms with van der Waals surface area (Å²) in [6.07, 6.45) is 1.57. The number of nitrogens with zero attached hydrogens (tertiary/aromatic N) is 1.